The molecule has 124 valence electrons. The molecular weight excluding hydrogens is 290 g/mol. The van der Waals surface area contributed by atoms with E-state index in [0.29, 0.717) is 13.0 Å². The molecule has 5 atom stereocenters. The summed E-state index contributed by atoms with van der Waals surface area (Å²) < 4.78 is 0. The van der Waals surface area contributed by atoms with Gasteiger partial charge in [0, 0.05) is 19.0 Å². The fraction of sp³-hybridized carbons (Fsp3) is 0.579. The van der Waals surface area contributed by atoms with E-state index in [9.17, 15) is 14.7 Å². The molecule has 1 aliphatic heterocycles. The molecule has 1 aromatic rings. The van der Waals surface area contributed by atoms with Crippen LogP contribution < -0.4 is 0 Å². The number of aliphatic hydroxyl groups is 1. The van der Waals surface area contributed by atoms with Crippen molar-refractivity contribution in [2.75, 3.05) is 13.1 Å². The summed E-state index contributed by atoms with van der Waals surface area (Å²) in [6.45, 7) is 5.40. The summed E-state index contributed by atoms with van der Waals surface area (Å²) >= 11 is 0. The number of nitrogens with zero attached hydrogens (tertiary/aromatic N) is 1. The Balaban J connectivity index is 2.15. The van der Waals surface area contributed by atoms with E-state index in [1.54, 1.807) is 0 Å². The maximum absolute atomic E-state index is 13.4. The van der Waals surface area contributed by atoms with Crippen molar-refractivity contribution in [3.63, 3.8) is 0 Å². The van der Waals surface area contributed by atoms with Gasteiger partial charge in [0.15, 0.2) is 0 Å². The van der Waals surface area contributed by atoms with Crippen LogP contribution in [0.15, 0.2) is 30.3 Å². The van der Waals surface area contributed by atoms with Crippen molar-refractivity contribution in [3.05, 3.63) is 35.9 Å². The SMILES string of the molecule is CCN1CC[C@H]2[C@H](C)C(O)C(C=O)C[C@]2(c2ccccc2)C1=O. The van der Waals surface area contributed by atoms with Crippen LogP contribution in [0, 0.1) is 17.8 Å². The molecule has 2 aliphatic rings. The summed E-state index contributed by atoms with van der Waals surface area (Å²) in [5, 5.41) is 10.5. The third-order valence-corrected chi connectivity index (χ3v) is 6.03. The van der Waals surface area contributed by atoms with Gasteiger partial charge >= 0.3 is 0 Å². The molecule has 0 bridgehead atoms. The summed E-state index contributed by atoms with van der Waals surface area (Å²) in [6.07, 6.45) is 1.46. The van der Waals surface area contributed by atoms with Gasteiger partial charge in [0.1, 0.15) is 6.29 Å². The van der Waals surface area contributed by atoms with Gasteiger partial charge in [0.25, 0.3) is 0 Å². The van der Waals surface area contributed by atoms with Crippen molar-refractivity contribution in [1.82, 2.24) is 4.90 Å². The Morgan fingerprint density at radius 2 is 2.04 bits per heavy atom. The van der Waals surface area contributed by atoms with Gasteiger partial charge in [-0.15, -0.1) is 0 Å². The normalized spacial score (nSPS) is 37.3. The summed E-state index contributed by atoms with van der Waals surface area (Å²) in [7, 11) is 0. The van der Waals surface area contributed by atoms with Crippen LogP contribution in [0.4, 0.5) is 0 Å². The van der Waals surface area contributed by atoms with Crippen LogP contribution in [-0.2, 0) is 15.0 Å². The third-order valence-electron chi connectivity index (χ3n) is 6.03. The Labute approximate surface area is 137 Å². The highest BCUT2D eigenvalue weighted by Crippen LogP contribution is 2.52. The van der Waals surface area contributed by atoms with Crippen LogP contribution in [0.3, 0.4) is 0 Å². The molecule has 0 aromatic heterocycles. The molecule has 0 spiro atoms. The highest BCUT2D eigenvalue weighted by atomic mass is 16.3. The monoisotopic (exact) mass is 315 g/mol. The van der Waals surface area contributed by atoms with E-state index in [-0.39, 0.29) is 17.7 Å². The first-order valence-electron chi connectivity index (χ1n) is 8.54. The van der Waals surface area contributed by atoms with Crippen molar-refractivity contribution >= 4 is 12.2 Å². The van der Waals surface area contributed by atoms with Crippen molar-refractivity contribution in [2.45, 2.75) is 38.2 Å². The lowest BCUT2D eigenvalue weighted by atomic mass is 9.53. The Kier molecular flexibility index (Phi) is 4.28. The number of hydrogen-bond acceptors (Lipinski definition) is 3. The summed E-state index contributed by atoms with van der Waals surface area (Å²) in [4.78, 5) is 26.8. The Morgan fingerprint density at radius 1 is 1.35 bits per heavy atom. The number of piperidine rings is 1. The minimum Gasteiger partial charge on any atom is -0.392 e. The second-order valence-corrected chi connectivity index (χ2v) is 6.97. The van der Waals surface area contributed by atoms with E-state index >= 15 is 0 Å². The van der Waals surface area contributed by atoms with Gasteiger partial charge in [-0.1, -0.05) is 37.3 Å². The van der Waals surface area contributed by atoms with Crippen molar-refractivity contribution in [1.29, 1.82) is 0 Å². The standard InChI is InChI=1S/C19H25NO3/c1-3-20-10-9-16-13(2)17(22)14(12-21)11-19(16,18(20)23)15-7-5-4-6-8-15/h4-8,12-14,16-17,22H,3,9-11H2,1-2H3/t13-,14?,16-,17?,19+/m0/s1. The molecule has 2 unspecified atom stereocenters. The second-order valence-electron chi connectivity index (χ2n) is 6.97. The molecule has 1 N–H and O–H groups in total. The lowest BCUT2D eigenvalue weighted by Gasteiger charge is -2.55. The van der Waals surface area contributed by atoms with E-state index in [4.69, 9.17) is 0 Å². The average molecular weight is 315 g/mol. The van der Waals surface area contributed by atoms with E-state index in [2.05, 4.69) is 0 Å². The number of fused-ring (bicyclic) bond motifs is 1. The fourth-order valence-corrected chi connectivity index (χ4v) is 4.78. The third kappa shape index (κ3) is 2.31. The van der Waals surface area contributed by atoms with Crippen LogP contribution in [0.25, 0.3) is 0 Å². The maximum Gasteiger partial charge on any atom is 0.233 e. The van der Waals surface area contributed by atoms with Gasteiger partial charge in [-0.2, -0.15) is 0 Å². The van der Waals surface area contributed by atoms with Gasteiger partial charge < -0.3 is 14.8 Å². The highest BCUT2D eigenvalue weighted by Gasteiger charge is 2.58. The van der Waals surface area contributed by atoms with Gasteiger partial charge in [0.2, 0.25) is 5.91 Å². The highest BCUT2D eigenvalue weighted by molar-refractivity contribution is 5.90. The molecule has 1 aromatic carbocycles. The number of rotatable bonds is 3. The molecule has 4 heteroatoms. The minimum atomic E-state index is -0.681. The molecule has 1 amide bonds. The quantitative estimate of drug-likeness (QED) is 0.868. The van der Waals surface area contributed by atoms with Crippen molar-refractivity contribution in [2.24, 2.45) is 17.8 Å². The van der Waals surface area contributed by atoms with E-state index in [1.807, 2.05) is 49.1 Å². The molecule has 23 heavy (non-hydrogen) atoms. The van der Waals surface area contributed by atoms with Crippen molar-refractivity contribution < 1.29 is 14.7 Å². The van der Waals surface area contributed by atoms with Crippen LogP contribution in [0.2, 0.25) is 0 Å². The molecule has 2 fully saturated rings. The van der Waals surface area contributed by atoms with Crippen LogP contribution >= 0.6 is 0 Å². The number of aliphatic hydroxyl groups excluding tert-OH is 1. The Hall–Kier alpha value is -1.68. The van der Waals surface area contributed by atoms with E-state index in [1.165, 1.54) is 0 Å². The molecule has 3 rings (SSSR count). The molecule has 1 saturated carbocycles. The van der Waals surface area contributed by atoms with Crippen LogP contribution in [0.1, 0.15) is 32.3 Å². The predicted octanol–water partition coefficient (Wildman–Crippen LogP) is 2.01. The number of carbonyl (C=O) groups is 2. The average Bonchev–Trinajstić information content (AvgIpc) is 2.59. The predicted molar refractivity (Wildman–Crippen MR) is 87.8 cm³/mol. The molecule has 0 radical (unpaired) electrons. The van der Waals surface area contributed by atoms with Gasteiger partial charge in [0.05, 0.1) is 11.5 Å². The molecule has 1 heterocycles. The number of hydrogen-bond donors (Lipinski definition) is 1. The second kappa shape index (κ2) is 6.08. The van der Waals surface area contributed by atoms with Crippen LogP contribution in [-0.4, -0.2) is 41.4 Å². The van der Waals surface area contributed by atoms with Gasteiger partial charge in [-0.25, -0.2) is 0 Å². The lowest BCUT2D eigenvalue weighted by Crippen LogP contribution is -2.63. The smallest absolute Gasteiger partial charge is 0.233 e. The van der Waals surface area contributed by atoms with E-state index < -0.39 is 17.4 Å². The first-order chi connectivity index (χ1) is 11.1. The number of carbonyl (C=O) groups excluding carboxylic acids is 2. The number of likely N-dealkylation sites (N-methyl/N-ethyl adjacent to an activating group) is 1. The topological polar surface area (TPSA) is 57.6 Å². The largest absolute Gasteiger partial charge is 0.392 e. The molecule has 1 saturated heterocycles. The number of amides is 1. The number of likely N-dealkylation sites (tertiary alicyclic amines) is 1. The first kappa shape index (κ1) is 16.2. The fourth-order valence-electron chi connectivity index (χ4n) is 4.78. The van der Waals surface area contributed by atoms with Crippen LogP contribution in [0.5, 0.6) is 0 Å². The molecule has 4 nitrogen and oxygen atoms in total. The zero-order valence-electron chi connectivity index (χ0n) is 13.8. The maximum atomic E-state index is 13.4. The van der Waals surface area contributed by atoms with Crippen molar-refractivity contribution in [3.8, 4) is 0 Å². The van der Waals surface area contributed by atoms with Gasteiger partial charge in [-0.3, -0.25) is 4.79 Å². The number of benzene rings is 1. The minimum absolute atomic E-state index is 0.0675. The summed E-state index contributed by atoms with van der Waals surface area (Å²) in [5.74, 6) is -0.358. The first-order valence-corrected chi connectivity index (χ1v) is 8.54. The summed E-state index contributed by atoms with van der Waals surface area (Å²) in [5.41, 5.74) is 0.304. The zero-order valence-corrected chi connectivity index (χ0v) is 13.8. The van der Waals surface area contributed by atoms with E-state index in [0.717, 1.165) is 24.8 Å². The molecule has 1 aliphatic carbocycles. The number of aldehydes is 1. The zero-order chi connectivity index (χ0) is 16.6. The Bertz CT molecular complexity index is 588. The Morgan fingerprint density at radius 3 is 2.65 bits per heavy atom. The molecular formula is C19H25NO3. The van der Waals surface area contributed by atoms with Gasteiger partial charge in [-0.05, 0) is 37.2 Å². The summed E-state index contributed by atoms with van der Waals surface area (Å²) in [6, 6.07) is 9.83. The lowest BCUT2D eigenvalue weighted by molar-refractivity contribution is -0.156.